The third-order valence-corrected chi connectivity index (χ3v) is 4.59. The summed E-state index contributed by atoms with van der Waals surface area (Å²) in [7, 11) is 0. The van der Waals surface area contributed by atoms with Gasteiger partial charge in [0.15, 0.2) is 6.10 Å². The van der Waals surface area contributed by atoms with Crippen LogP contribution in [0.4, 0.5) is 0 Å². The van der Waals surface area contributed by atoms with Crippen LogP contribution in [0.15, 0.2) is 22.8 Å². The van der Waals surface area contributed by atoms with E-state index in [2.05, 4.69) is 6.92 Å². The fraction of sp³-hybridized carbons (Fsp3) is 0.625. The minimum atomic E-state index is -0.995. The normalized spacial score (nSPS) is 32.1. The highest BCUT2D eigenvalue weighted by Crippen LogP contribution is 2.36. The zero-order chi connectivity index (χ0) is 15.7. The summed E-state index contributed by atoms with van der Waals surface area (Å²) in [6.45, 7) is 2.83. The van der Waals surface area contributed by atoms with Crippen molar-refractivity contribution in [1.29, 1.82) is 0 Å². The van der Waals surface area contributed by atoms with Crippen LogP contribution in [0, 0.1) is 5.92 Å². The van der Waals surface area contributed by atoms with E-state index in [0.29, 0.717) is 25.3 Å². The molecule has 6 heteroatoms. The number of carbonyl (C=O) groups excluding carboxylic acids is 1. The number of hydrogen-bond donors (Lipinski definition) is 1. The summed E-state index contributed by atoms with van der Waals surface area (Å²) in [4.78, 5) is 25.5. The van der Waals surface area contributed by atoms with E-state index in [9.17, 15) is 9.59 Å². The van der Waals surface area contributed by atoms with Gasteiger partial charge in [-0.05, 0) is 43.7 Å². The van der Waals surface area contributed by atoms with Gasteiger partial charge in [0, 0.05) is 6.54 Å². The van der Waals surface area contributed by atoms with Crippen LogP contribution in [0.1, 0.15) is 44.4 Å². The Morgan fingerprint density at radius 1 is 1.27 bits per heavy atom. The fourth-order valence-corrected chi connectivity index (χ4v) is 3.34. The number of carbonyl (C=O) groups is 2. The van der Waals surface area contributed by atoms with Crippen molar-refractivity contribution in [2.75, 3.05) is 6.54 Å². The SMILES string of the molecule is CC1CCN(C(=O)[C@@H]2CC[C@H](C(=O)O)O2)C(c2ccco2)C1. The van der Waals surface area contributed by atoms with Crippen molar-refractivity contribution in [2.24, 2.45) is 5.92 Å². The Morgan fingerprint density at radius 2 is 2.05 bits per heavy atom. The van der Waals surface area contributed by atoms with Crippen molar-refractivity contribution >= 4 is 11.9 Å². The molecule has 4 atom stereocenters. The lowest BCUT2D eigenvalue weighted by Gasteiger charge is -2.38. The molecule has 1 aromatic rings. The van der Waals surface area contributed by atoms with Gasteiger partial charge >= 0.3 is 5.97 Å². The van der Waals surface area contributed by atoms with Crippen LogP contribution in [0.5, 0.6) is 0 Å². The minimum absolute atomic E-state index is 0.0845. The first kappa shape index (κ1) is 15.1. The molecule has 1 N–H and O–H groups in total. The topological polar surface area (TPSA) is 80.0 Å². The largest absolute Gasteiger partial charge is 0.479 e. The Bertz CT molecular complexity index is 541. The number of ether oxygens (including phenoxy) is 1. The zero-order valence-electron chi connectivity index (χ0n) is 12.6. The van der Waals surface area contributed by atoms with Crippen LogP contribution in [-0.4, -0.2) is 40.6 Å². The quantitative estimate of drug-likeness (QED) is 0.926. The minimum Gasteiger partial charge on any atom is -0.479 e. The Labute approximate surface area is 129 Å². The summed E-state index contributed by atoms with van der Waals surface area (Å²) in [5, 5.41) is 9.00. The first-order chi connectivity index (χ1) is 10.6. The molecular formula is C16H21NO5. The van der Waals surface area contributed by atoms with Crippen molar-refractivity contribution in [3.63, 3.8) is 0 Å². The van der Waals surface area contributed by atoms with Crippen LogP contribution in [-0.2, 0) is 14.3 Å². The molecule has 0 bridgehead atoms. The predicted octanol–water partition coefficient (Wildman–Crippen LogP) is 2.21. The number of furan rings is 1. The second kappa shape index (κ2) is 6.12. The molecule has 22 heavy (non-hydrogen) atoms. The molecule has 0 aliphatic carbocycles. The van der Waals surface area contributed by atoms with E-state index >= 15 is 0 Å². The molecule has 2 fully saturated rings. The van der Waals surface area contributed by atoms with Crippen LogP contribution in [0.3, 0.4) is 0 Å². The van der Waals surface area contributed by atoms with Crippen LogP contribution >= 0.6 is 0 Å². The van der Waals surface area contributed by atoms with Gasteiger partial charge in [-0.25, -0.2) is 4.79 Å². The number of carboxylic acids is 1. The molecule has 0 radical (unpaired) electrons. The van der Waals surface area contributed by atoms with Gasteiger partial charge in [-0.2, -0.15) is 0 Å². The molecule has 2 unspecified atom stereocenters. The highest BCUT2D eigenvalue weighted by Gasteiger charge is 2.41. The van der Waals surface area contributed by atoms with E-state index in [1.165, 1.54) is 0 Å². The van der Waals surface area contributed by atoms with Crippen molar-refractivity contribution in [2.45, 2.75) is 50.9 Å². The van der Waals surface area contributed by atoms with Crippen LogP contribution in [0.25, 0.3) is 0 Å². The summed E-state index contributed by atoms with van der Waals surface area (Å²) in [5.74, 6) is 0.199. The molecule has 2 aliphatic rings. The van der Waals surface area contributed by atoms with Gasteiger partial charge in [-0.15, -0.1) is 0 Å². The van der Waals surface area contributed by atoms with Gasteiger partial charge in [0.2, 0.25) is 0 Å². The van der Waals surface area contributed by atoms with Crippen molar-refractivity contribution in [3.05, 3.63) is 24.2 Å². The lowest BCUT2D eigenvalue weighted by atomic mass is 9.90. The van der Waals surface area contributed by atoms with E-state index in [4.69, 9.17) is 14.3 Å². The molecule has 6 nitrogen and oxygen atoms in total. The van der Waals surface area contributed by atoms with E-state index < -0.39 is 18.2 Å². The number of hydrogen-bond acceptors (Lipinski definition) is 4. The molecule has 1 amide bonds. The van der Waals surface area contributed by atoms with E-state index in [1.54, 1.807) is 11.2 Å². The first-order valence-electron chi connectivity index (χ1n) is 7.78. The highest BCUT2D eigenvalue weighted by atomic mass is 16.5. The fourth-order valence-electron chi connectivity index (χ4n) is 3.34. The standard InChI is InChI=1S/C16H21NO5/c1-10-6-7-17(11(9-10)12-3-2-8-21-12)15(18)13-4-5-14(22-13)16(19)20/h2-3,8,10-11,13-14H,4-7,9H2,1H3,(H,19,20)/t10?,11?,13-,14+/m0/s1. The van der Waals surface area contributed by atoms with Gasteiger partial charge in [0.05, 0.1) is 12.3 Å². The van der Waals surface area contributed by atoms with Gasteiger partial charge in [0.25, 0.3) is 5.91 Å². The maximum Gasteiger partial charge on any atom is 0.332 e. The summed E-state index contributed by atoms with van der Waals surface area (Å²) < 4.78 is 10.9. The van der Waals surface area contributed by atoms with Crippen LogP contribution < -0.4 is 0 Å². The molecule has 1 aromatic heterocycles. The average molecular weight is 307 g/mol. The zero-order valence-corrected chi connectivity index (χ0v) is 12.6. The third kappa shape index (κ3) is 2.88. The first-order valence-corrected chi connectivity index (χ1v) is 7.78. The lowest BCUT2D eigenvalue weighted by molar-refractivity contribution is -0.157. The molecule has 0 saturated carbocycles. The smallest absolute Gasteiger partial charge is 0.332 e. The Hall–Kier alpha value is -1.82. The predicted molar refractivity (Wildman–Crippen MR) is 77.1 cm³/mol. The summed E-state index contributed by atoms with van der Waals surface area (Å²) in [6.07, 6.45) is 2.76. The van der Waals surface area contributed by atoms with Crippen molar-refractivity contribution in [3.8, 4) is 0 Å². The van der Waals surface area contributed by atoms with Crippen molar-refractivity contribution < 1.29 is 23.8 Å². The number of piperidine rings is 1. The average Bonchev–Trinajstić information content (AvgIpc) is 3.18. The Balaban J connectivity index is 1.74. The van der Waals surface area contributed by atoms with Gasteiger partial charge in [0.1, 0.15) is 11.9 Å². The highest BCUT2D eigenvalue weighted by molar-refractivity contribution is 5.83. The Kier molecular flexibility index (Phi) is 4.20. The number of rotatable bonds is 3. The van der Waals surface area contributed by atoms with Gasteiger partial charge in [-0.1, -0.05) is 6.92 Å². The molecule has 2 saturated heterocycles. The monoisotopic (exact) mass is 307 g/mol. The molecule has 120 valence electrons. The number of amides is 1. The second-order valence-electron chi connectivity index (χ2n) is 6.22. The molecule has 0 spiro atoms. The number of likely N-dealkylation sites (tertiary alicyclic amines) is 1. The Morgan fingerprint density at radius 3 is 2.68 bits per heavy atom. The summed E-state index contributed by atoms with van der Waals surface area (Å²) in [6, 6.07) is 3.63. The lowest BCUT2D eigenvalue weighted by Crippen LogP contribution is -2.45. The van der Waals surface area contributed by atoms with Gasteiger partial charge in [-0.3, -0.25) is 4.79 Å². The van der Waals surface area contributed by atoms with E-state index in [-0.39, 0.29) is 11.9 Å². The molecular weight excluding hydrogens is 286 g/mol. The van der Waals surface area contributed by atoms with Gasteiger partial charge < -0.3 is 19.2 Å². The maximum atomic E-state index is 12.7. The maximum absolute atomic E-state index is 12.7. The van der Waals surface area contributed by atoms with E-state index in [1.807, 2.05) is 12.1 Å². The van der Waals surface area contributed by atoms with Crippen molar-refractivity contribution in [1.82, 2.24) is 4.90 Å². The number of carboxylic acid groups (broad SMARTS) is 1. The number of aliphatic carboxylic acids is 1. The second-order valence-corrected chi connectivity index (χ2v) is 6.22. The summed E-state index contributed by atoms with van der Waals surface area (Å²) in [5.41, 5.74) is 0. The summed E-state index contributed by atoms with van der Waals surface area (Å²) >= 11 is 0. The van der Waals surface area contributed by atoms with Crippen LogP contribution in [0.2, 0.25) is 0 Å². The van der Waals surface area contributed by atoms with E-state index in [0.717, 1.165) is 18.6 Å². The molecule has 3 rings (SSSR count). The molecule has 3 heterocycles. The number of nitrogens with zero attached hydrogens (tertiary/aromatic N) is 1. The molecule has 0 aromatic carbocycles. The molecule has 2 aliphatic heterocycles. The third-order valence-electron chi connectivity index (χ3n) is 4.59.